The van der Waals surface area contributed by atoms with Crippen LogP contribution in [0.3, 0.4) is 0 Å². The maximum atomic E-state index is 12.2. The van der Waals surface area contributed by atoms with Gasteiger partial charge in [0.05, 0.1) is 10.9 Å². The highest BCUT2D eigenvalue weighted by molar-refractivity contribution is 8.00. The summed E-state index contributed by atoms with van der Waals surface area (Å²) in [6.07, 6.45) is 0. The molecule has 1 unspecified atom stereocenters. The molecule has 2 aromatic rings. The van der Waals surface area contributed by atoms with Crippen molar-refractivity contribution in [2.75, 3.05) is 5.32 Å². The molecule has 1 heterocycles. The summed E-state index contributed by atoms with van der Waals surface area (Å²) in [4.78, 5) is 13.4. The normalized spacial score (nSPS) is 17.5. The van der Waals surface area contributed by atoms with E-state index >= 15 is 0 Å². The van der Waals surface area contributed by atoms with Gasteiger partial charge in [-0.2, -0.15) is 0 Å². The van der Waals surface area contributed by atoms with Crippen LogP contribution < -0.4 is 5.32 Å². The van der Waals surface area contributed by atoms with Crippen LogP contribution in [0, 0.1) is 0 Å². The van der Waals surface area contributed by atoms with Crippen LogP contribution >= 0.6 is 23.4 Å². The molecule has 2 nitrogen and oxygen atoms in total. The van der Waals surface area contributed by atoms with Crippen molar-refractivity contribution in [2.45, 2.75) is 24.0 Å². The van der Waals surface area contributed by atoms with Crippen molar-refractivity contribution in [3.8, 4) is 0 Å². The SMILES string of the molecule is CC(=O)C1=C(C)Nc2ccccc2SC1c1ccc(Cl)cc1. The van der Waals surface area contributed by atoms with E-state index in [1.54, 1.807) is 18.7 Å². The Bertz CT molecular complexity index is 752. The molecule has 22 heavy (non-hydrogen) atoms. The first-order valence-electron chi connectivity index (χ1n) is 7.06. The van der Waals surface area contributed by atoms with Gasteiger partial charge in [-0.25, -0.2) is 0 Å². The molecule has 0 aromatic heterocycles. The van der Waals surface area contributed by atoms with Gasteiger partial charge in [0, 0.05) is 21.2 Å². The second-order valence-corrected chi connectivity index (χ2v) is 6.85. The number of hydrogen-bond donors (Lipinski definition) is 1. The van der Waals surface area contributed by atoms with E-state index in [0.29, 0.717) is 5.02 Å². The average Bonchev–Trinajstić information content (AvgIpc) is 2.63. The zero-order valence-corrected chi connectivity index (χ0v) is 14.0. The number of fused-ring (bicyclic) bond motifs is 1. The van der Waals surface area contributed by atoms with E-state index in [1.807, 2.05) is 49.4 Å². The van der Waals surface area contributed by atoms with Gasteiger partial charge in [0.2, 0.25) is 0 Å². The molecule has 1 N–H and O–H groups in total. The molecule has 0 radical (unpaired) electrons. The van der Waals surface area contributed by atoms with Crippen LogP contribution in [0.25, 0.3) is 0 Å². The molecule has 1 atom stereocenters. The zero-order chi connectivity index (χ0) is 15.7. The van der Waals surface area contributed by atoms with E-state index < -0.39 is 0 Å². The Labute approximate surface area is 139 Å². The van der Waals surface area contributed by atoms with Gasteiger partial charge in [0.1, 0.15) is 0 Å². The predicted molar refractivity (Wildman–Crippen MR) is 93.5 cm³/mol. The summed E-state index contributed by atoms with van der Waals surface area (Å²) in [5.74, 6) is 0.0882. The van der Waals surface area contributed by atoms with E-state index in [0.717, 1.165) is 27.4 Å². The molecule has 3 rings (SSSR count). The van der Waals surface area contributed by atoms with Gasteiger partial charge in [-0.05, 0) is 43.7 Å². The van der Waals surface area contributed by atoms with Gasteiger partial charge in [-0.1, -0.05) is 35.9 Å². The molecule has 0 amide bonds. The first kappa shape index (κ1) is 15.2. The standard InChI is InChI=1S/C18H16ClNOS/c1-11-17(12(2)21)18(13-7-9-14(19)10-8-13)22-16-6-4-3-5-15(16)20-11/h3-10,18,20H,1-2H3. The van der Waals surface area contributed by atoms with E-state index in [-0.39, 0.29) is 11.0 Å². The molecule has 112 valence electrons. The molecule has 1 aliphatic heterocycles. The summed E-state index contributed by atoms with van der Waals surface area (Å²) in [5.41, 5.74) is 3.84. The minimum atomic E-state index is -0.0362. The maximum absolute atomic E-state index is 12.2. The number of para-hydroxylation sites is 1. The zero-order valence-electron chi connectivity index (χ0n) is 12.4. The summed E-state index contributed by atoms with van der Waals surface area (Å²) < 4.78 is 0. The molecule has 0 aliphatic carbocycles. The summed E-state index contributed by atoms with van der Waals surface area (Å²) in [7, 11) is 0. The van der Waals surface area contributed by atoms with Gasteiger partial charge in [-0.3, -0.25) is 4.79 Å². The lowest BCUT2D eigenvalue weighted by molar-refractivity contribution is -0.113. The summed E-state index contributed by atoms with van der Waals surface area (Å²) in [5, 5.41) is 4.04. The second-order valence-electron chi connectivity index (χ2n) is 5.27. The number of thioether (sulfide) groups is 1. The number of ketones is 1. The van der Waals surface area contributed by atoms with E-state index in [1.165, 1.54) is 0 Å². The van der Waals surface area contributed by atoms with Crippen molar-refractivity contribution in [1.29, 1.82) is 0 Å². The van der Waals surface area contributed by atoms with Gasteiger partial charge < -0.3 is 5.32 Å². The second kappa shape index (κ2) is 6.19. The molecular formula is C18H16ClNOS. The molecule has 0 fully saturated rings. The largest absolute Gasteiger partial charge is 0.358 e. The molecule has 2 aromatic carbocycles. The number of allylic oxidation sites excluding steroid dienone is 1. The van der Waals surface area contributed by atoms with Crippen LogP contribution in [0.2, 0.25) is 5.02 Å². The highest BCUT2D eigenvalue weighted by Crippen LogP contribution is 2.47. The number of benzene rings is 2. The fourth-order valence-electron chi connectivity index (χ4n) is 2.65. The first-order valence-corrected chi connectivity index (χ1v) is 8.32. The van der Waals surface area contributed by atoms with Gasteiger partial charge in [-0.15, -0.1) is 11.8 Å². The fourth-order valence-corrected chi connectivity index (χ4v) is 4.18. The fraction of sp³-hybridized carbons (Fsp3) is 0.167. The lowest BCUT2D eigenvalue weighted by atomic mass is 9.99. The predicted octanol–water partition coefficient (Wildman–Crippen LogP) is 5.46. The third-order valence-electron chi connectivity index (χ3n) is 3.67. The Morgan fingerprint density at radius 3 is 2.50 bits per heavy atom. The molecule has 0 saturated carbocycles. The number of carbonyl (C=O) groups is 1. The van der Waals surface area contributed by atoms with Crippen molar-refractivity contribution in [3.05, 3.63) is 70.4 Å². The minimum Gasteiger partial charge on any atom is -0.358 e. The van der Waals surface area contributed by atoms with E-state index in [9.17, 15) is 4.79 Å². The van der Waals surface area contributed by atoms with Gasteiger partial charge >= 0.3 is 0 Å². The van der Waals surface area contributed by atoms with Gasteiger partial charge in [0.25, 0.3) is 0 Å². The Morgan fingerprint density at radius 2 is 1.82 bits per heavy atom. The molecule has 0 saturated heterocycles. The molecule has 0 spiro atoms. The molecule has 0 bridgehead atoms. The van der Waals surface area contributed by atoms with Crippen molar-refractivity contribution >= 4 is 34.8 Å². The van der Waals surface area contributed by atoms with Crippen LogP contribution in [0.5, 0.6) is 0 Å². The summed E-state index contributed by atoms with van der Waals surface area (Å²) in [6, 6.07) is 15.8. The molecule has 4 heteroatoms. The maximum Gasteiger partial charge on any atom is 0.159 e. The highest BCUT2D eigenvalue weighted by Gasteiger charge is 2.27. The smallest absolute Gasteiger partial charge is 0.159 e. The van der Waals surface area contributed by atoms with Crippen molar-refractivity contribution < 1.29 is 4.79 Å². The highest BCUT2D eigenvalue weighted by atomic mass is 35.5. The lowest BCUT2D eigenvalue weighted by Crippen LogP contribution is -2.10. The Kier molecular flexibility index (Phi) is 4.27. The van der Waals surface area contributed by atoms with Crippen LogP contribution in [0.1, 0.15) is 24.7 Å². The van der Waals surface area contributed by atoms with Crippen LogP contribution in [0.4, 0.5) is 5.69 Å². The quantitative estimate of drug-likeness (QED) is 0.793. The Morgan fingerprint density at radius 1 is 1.14 bits per heavy atom. The number of halogens is 1. The van der Waals surface area contributed by atoms with Crippen LogP contribution in [-0.4, -0.2) is 5.78 Å². The summed E-state index contributed by atoms with van der Waals surface area (Å²) >= 11 is 7.69. The van der Waals surface area contributed by atoms with Crippen molar-refractivity contribution in [2.24, 2.45) is 0 Å². The van der Waals surface area contributed by atoms with Crippen molar-refractivity contribution in [1.82, 2.24) is 0 Å². The Hall–Kier alpha value is -1.71. The Balaban J connectivity index is 2.13. The number of nitrogens with one attached hydrogen (secondary N) is 1. The average molecular weight is 330 g/mol. The number of anilines is 1. The first-order chi connectivity index (χ1) is 10.6. The third-order valence-corrected chi connectivity index (χ3v) is 5.28. The number of Topliss-reactive ketones (excluding diaryl/α,β-unsaturated/α-hetero) is 1. The van der Waals surface area contributed by atoms with E-state index in [2.05, 4.69) is 11.4 Å². The lowest BCUT2D eigenvalue weighted by Gasteiger charge is -2.18. The topological polar surface area (TPSA) is 29.1 Å². The third kappa shape index (κ3) is 2.92. The minimum absolute atomic E-state index is 0.0362. The van der Waals surface area contributed by atoms with Crippen LogP contribution in [0.15, 0.2) is 64.7 Å². The number of rotatable bonds is 2. The van der Waals surface area contributed by atoms with Crippen LogP contribution in [-0.2, 0) is 4.79 Å². The molecular weight excluding hydrogens is 314 g/mol. The van der Waals surface area contributed by atoms with E-state index in [4.69, 9.17) is 11.6 Å². The number of hydrogen-bond acceptors (Lipinski definition) is 3. The number of carbonyl (C=O) groups excluding carboxylic acids is 1. The molecule has 1 aliphatic rings. The monoisotopic (exact) mass is 329 g/mol. The van der Waals surface area contributed by atoms with Gasteiger partial charge in [0.15, 0.2) is 5.78 Å². The van der Waals surface area contributed by atoms with Crippen molar-refractivity contribution in [3.63, 3.8) is 0 Å². The summed E-state index contributed by atoms with van der Waals surface area (Å²) in [6.45, 7) is 3.59.